The fraction of sp³-hybridized carbons (Fsp3) is 0.727. The molecule has 1 aliphatic heterocycles. The van der Waals surface area contributed by atoms with Crippen molar-refractivity contribution in [3.63, 3.8) is 0 Å². The molecule has 0 aliphatic carbocycles. The van der Waals surface area contributed by atoms with Gasteiger partial charge in [0.25, 0.3) is 0 Å². The van der Waals surface area contributed by atoms with Gasteiger partial charge in [0.1, 0.15) is 17.7 Å². The molecule has 1 aliphatic rings. The lowest BCUT2D eigenvalue weighted by molar-refractivity contribution is -0.142. The number of likely N-dealkylation sites (tertiary alicyclic amines) is 1. The predicted octanol–water partition coefficient (Wildman–Crippen LogP) is 1.36. The molecule has 1 heterocycles. The monoisotopic (exact) mass is 240 g/mol. The second-order valence-electron chi connectivity index (χ2n) is 4.96. The fourth-order valence-electron chi connectivity index (χ4n) is 1.75. The number of carbonyl (C=O) groups excluding carboxylic acids is 1. The summed E-state index contributed by atoms with van der Waals surface area (Å²) >= 11 is 0. The Morgan fingerprint density at radius 1 is 1.41 bits per heavy atom. The van der Waals surface area contributed by atoms with Crippen LogP contribution in [0.1, 0.15) is 33.6 Å². The van der Waals surface area contributed by atoms with Crippen LogP contribution in [-0.4, -0.2) is 39.8 Å². The number of nitrogens with zero attached hydrogens (tertiary/aromatic N) is 2. The zero-order valence-electron chi connectivity index (χ0n) is 10.1. The molecule has 0 aromatic heterocycles. The summed E-state index contributed by atoms with van der Waals surface area (Å²) in [6.07, 6.45) is -0.0894. The molecular formula is C11H16N2O4. The second kappa shape index (κ2) is 4.62. The number of rotatable bonds is 1. The van der Waals surface area contributed by atoms with Gasteiger partial charge in [-0.25, -0.2) is 9.59 Å². The highest BCUT2D eigenvalue weighted by Crippen LogP contribution is 2.26. The summed E-state index contributed by atoms with van der Waals surface area (Å²) in [6, 6.07) is 0.247. The van der Waals surface area contributed by atoms with Crippen LogP contribution in [0.15, 0.2) is 0 Å². The van der Waals surface area contributed by atoms with Crippen LogP contribution in [0.25, 0.3) is 0 Å². The lowest BCUT2D eigenvalue weighted by Gasteiger charge is -2.28. The Hall–Kier alpha value is -1.77. The topological polar surface area (TPSA) is 90.6 Å². The molecule has 1 amide bonds. The SMILES string of the molecule is CC(C)(C)OC(=O)N1[C@@H](C#N)CC[C@H]1C(=O)O. The normalized spacial score (nSPS) is 24.2. The van der Waals surface area contributed by atoms with Crippen molar-refractivity contribution in [2.24, 2.45) is 0 Å². The Labute approximate surface area is 99.8 Å². The minimum atomic E-state index is -1.10. The van der Waals surface area contributed by atoms with E-state index in [9.17, 15) is 9.59 Å². The van der Waals surface area contributed by atoms with Gasteiger partial charge in [0.15, 0.2) is 0 Å². The van der Waals surface area contributed by atoms with Gasteiger partial charge in [-0.1, -0.05) is 0 Å². The van der Waals surface area contributed by atoms with E-state index in [0.29, 0.717) is 6.42 Å². The predicted molar refractivity (Wildman–Crippen MR) is 58.1 cm³/mol. The minimum absolute atomic E-state index is 0.285. The molecule has 6 nitrogen and oxygen atoms in total. The van der Waals surface area contributed by atoms with Gasteiger partial charge < -0.3 is 9.84 Å². The largest absolute Gasteiger partial charge is 0.480 e. The third-order valence-electron chi connectivity index (χ3n) is 2.42. The van der Waals surface area contributed by atoms with Gasteiger partial charge in [0.05, 0.1) is 6.07 Å². The number of carbonyl (C=O) groups is 2. The third kappa shape index (κ3) is 3.09. The first-order valence-corrected chi connectivity index (χ1v) is 5.40. The Bertz CT molecular complexity index is 367. The van der Waals surface area contributed by atoms with E-state index >= 15 is 0 Å². The van der Waals surface area contributed by atoms with E-state index in [1.807, 2.05) is 6.07 Å². The molecule has 1 saturated heterocycles. The zero-order valence-corrected chi connectivity index (χ0v) is 10.1. The number of carboxylic acids is 1. The molecule has 1 N–H and O–H groups in total. The van der Waals surface area contributed by atoms with Crippen LogP contribution in [0.5, 0.6) is 0 Å². The number of carboxylic acid groups (broad SMARTS) is 1. The van der Waals surface area contributed by atoms with Gasteiger partial charge in [-0.3, -0.25) is 4.90 Å². The van der Waals surface area contributed by atoms with Crippen LogP contribution >= 0.6 is 0 Å². The van der Waals surface area contributed by atoms with Crippen molar-refractivity contribution in [2.45, 2.75) is 51.3 Å². The molecule has 0 bridgehead atoms. The Kier molecular flexibility index (Phi) is 3.61. The molecule has 2 atom stereocenters. The van der Waals surface area contributed by atoms with Crippen LogP contribution in [0, 0.1) is 11.3 Å². The van der Waals surface area contributed by atoms with E-state index in [1.54, 1.807) is 20.8 Å². The van der Waals surface area contributed by atoms with Crippen molar-refractivity contribution < 1.29 is 19.4 Å². The maximum absolute atomic E-state index is 11.8. The van der Waals surface area contributed by atoms with Crippen molar-refractivity contribution in [3.8, 4) is 6.07 Å². The summed E-state index contributed by atoms with van der Waals surface area (Å²) < 4.78 is 5.11. The van der Waals surface area contributed by atoms with Gasteiger partial charge in [-0.15, -0.1) is 0 Å². The van der Waals surface area contributed by atoms with Crippen molar-refractivity contribution in [1.82, 2.24) is 4.90 Å². The van der Waals surface area contributed by atoms with E-state index in [0.717, 1.165) is 4.90 Å². The number of hydrogen-bond donors (Lipinski definition) is 1. The average Bonchev–Trinajstić information content (AvgIpc) is 2.57. The summed E-state index contributed by atoms with van der Waals surface area (Å²) in [5.74, 6) is -1.10. The van der Waals surface area contributed by atoms with Crippen molar-refractivity contribution in [2.75, 3.05) is 0 Å². The Balaban J connectivity index is 2.86. The molecule has 0 spiro atoms. The van der Waals surface area contributed by atoms with Crippen LogP contribution < -0.4 is 0 Å². The summed E-state index contributed by atoms with van der Waals surface area (Å²) in [4.78, 5) is 23.8. The molecule has 0 radical (unpaired) electrons. The number of nitriles is 1. The number of ether oxygens (including phenoxy) is 1. The molecule has 1 rings (SSSR count). The van der Waals surface area contributed by atoms with E-state index in [1.165, 1.54) is 0 Å². The standard InChI is InChI=1S/C11H16N2O4/c1-11(2,3)17-10(16)13-7(6-12)4-5-8(13)9(14)15/h7-8H,4-5H2,1-3H3,(H,14,15)/t7-,8+/m1/s1. The van der Waals surface area contributed by atoms with Gasteiger partial charge >= 0.3 is 12.1 Å². The summed E-state index contributed by atoms with van der Waals surface area (Å²) in [5, 5.41) is 17.9. The van der Waals surface area contributed by atoms with E-state index in [2.05, 4.69) is 0 Å². The third-order valence-corrected chi connectivity index (χ3v) is 2.42. The highest BCUT2D eigenvalue weighted by molar-refractivity contribution is 5.81. The minimum Gasteiger partial charge on any atom is -0.480 e. The van der Waals surface area contributed by atoms with E-state index in [-0.39, 0.29) is 6.42 Å². The highest BCUT2D eigenvalue weighted by atomic mass is 16.6. The van der Waals surface area contributed by atoms with Crippen molar-refractivity contribution in [3.05, 3.63) is 0 Å². The lowest BCUT2D eigenvalue weighted by atomic mass is 10.2. The number of hydrogen-bond acceptors (Lipinski definition) is 4. The van der Waals surface area contributed by atoms with Gasteiger partial charge in [-0.2, -0.15) is 5.26 Å². The number of amides is 1. The van der Waals surface area contributed by atoms with Gasteiger partial charge in [-0.05, 0) is 33.6 Å². The van der Waals surface area contributed by atoms with Crippen LogP contribution in [-0.2, 0) is 9.53 Å². The van der Waals surface area contributed by atoms with Crippen LogP contribution in [0.3, 0.4) is 0 Å². The molecule has 0 aromatic rings. The quantitative estimate of drug-likeness (QED) is 0.747. The smallest absolute Gasteiger partial charge is 0.412 e. The van der Waals surface area contributed by atoms with E-state index in [4.69, 9.17) is 15.1 Å². The maximum Gasteiger partial charge on any atom is 0.412 e. The van der Waals surface area contributed by atoms with Crippen molar-refractivity contribution >= 4 is 12.1 Å². The first-order chi connectivity index (χ1) is 7.76. The summed E-state index contributed by atoms with van der Waals surface area (Å²) in [6.45, 7) is 5.08. The Morgan fingerprint density at radius 3 is 2.41 bits per heavy atom. The molecule has 0 aromatic carbocycles. The van der Waals surface area contributed by atoms with Crippen LogP contribution in [0.2, 0.25) is 0 Å². The maximum atomic E-state index is 11.8. The lowest BCUT2D eigenvalue weighted by Crippen LogP contribution is -2.46. The average molecular weight is 240 g/mol. The summed E-state index contributed by atoms with van der Waals surface area (Å²) in [7, 11) is 0. The molecule has 17 heavy (non-hydrogen) atoms. The van der Waals surface area contributed by atoms with Crippen LogP contribution in [0.4, 0.5) is 4.79 Å². The highest BCUT2D eigenvalue weighted by Gasteiger charge is 2.43. The first kappa shape index (κ1) is 13.3. The zero-order chi connectivity index (χ0) is 13.2. The fourth-order valence-corrected chi connectivity index (χ4v) is 1.75. The summed E-state index contributed by atoms with van der Waals surface area (Å²) in [5.41, 5.74) is -0.706. The molecule has 0 unspecified atom stereocenters. The molecule has 1 fully saturated rings. The van der Waals surface area contributed by atoms with Gasteiger partial charge in [0, 0.05) is 0 Å². The Morgan fingerprint density at radius 2 is 2.00 bits per heavy atom. The molecular weight excluding hydrogens is 224 g/mol. The molecule has 94 valence electrons. The number of aliphatic carboxylic acids is 1. The van der Waals surface area contributed by atoms with Crippen molar-refractivity contribution in [1.29, 1.82) is 5.26 Å². The van der Waals surface area contributed by atoms with E-state index < -0.39 is 29.7 Å². The second-order valence-corrected chi connectivity index (χ2v) is 4.96. The first-order valence-electron chi connectivity index (χ1n) is 5.40. The molecule has 6 heteroatoms. The molecule has 0 saturated carbocycles. The van der Waals surface area contributed by atoms with Gasteiger partial charge in [0.2, 0.25) is 0 Å².